The van der Waals surface area contributed by atoms with Gasteiger partial charge < -0.3 is 0 Å². The van der Waals surface area contributed by atoms with E-state index in [1.54, 1.807) is 19.9 Å². The van der Waals surface area contributed by atoms with Crippen molar-refractivity contribution < 1.29 is 12.8 Å². The van der Waals surface area contributed by atoms with Crippen molar-refractivity contribution in [1.82, 2.24) is 5.43 Å². The number of hydrogen-bond acceptors (Lipinski definition) is 4. The fourth-order valence-electron chi connectivity index (χ4n) is 1.69. The molecule has 1 unspecified atom stereocenters. The van der Waals surface area contributed by atoms with E-state index in [0.29, 0.717) is 5.56 Å². The number of halogens is 2. The van der Waals surface area contributed by atoms with E-state index in [2.05, 4.69) is 5.43 Å². The monoisotopic (exact) mass is 308 g/mol. The lowest BCUT2D eigenvalue weighted by molar-refractivity contribution is 0.412. The molecule has 1 atom stereocenters. The number of nitrogens with two attached hydrogens (primary N) is 1. The molecule has 0 aliphatic heterocycles. The Bertz CT molecular complexity index is 561. The van der Waals surface area contributed by atoms with Gasteiger partial charge in [0.05, 0.1) is 9.77 Å². The Labute approximate surface area is 118 Å². The predicted molar refractivity (Wildman–Crippen MR) is 75.1 cm³/mol. The van der Waals surface area contributed by atoms with Gasteiger partial charge in [-0.3, -0.25) is 11.3 Å². The fourth-order valence-corrected chi connectivity index (χ4v) is 2.56. The molecule has 0 saturated heterocycles. The molecule has 0 fully saturated rings. The molecule has 0 saturated carbocycles. The first-order valence-corrected chi connectivity index (χ1v) is 7.96. The van der Waals surface area contributed by atoms with Crippen LogP contribution in [0.1, 0.15) is 19.4 Å². The topological polar surface area (TPSA) is 72.2 Å². The van der Waals surface area contributed by atoms with Gasteiger partial charge in [-0.2, -0.15) is 0 Å². The molecular formula is C12H18ClFN2O2S. The van der Waals surface area contributed by atoms with Crippen LogP contribution in [0.2, 0.25) is 5.02 Å². The summed E-state index contributed by atoms with van der Waals surface area (Å²) in [4.78, 5) is 0. The summed E-state index contributed by atoms with van der Waals surface area (Å²) in [6.45, 7) is 3.14. The number of hydrazine groups is 1. The van der Waals surface area contributed by atoms with Gasteiger partial charge in [-0.15, -0.1) is 0 Å². The SMILES string of the molecule is CC(C)(C(Cc1cccc(F)c1Cl)NN)S(C)(=O)=O. The summed E-state index contributed by atoms with van der Waals surface area (Å²) < 4.78 is 35.8. The lowest BCUT2D eigenvalue weighted by Gasteiger charge is -2.32. The molecule has 7 heteroatoms. The van der Waals surface area contributed by atoms with Crippen LogP contribution in [0.5, 0.6) is 0 Å². The molecule has 0 aromatic heterocycles. The van der Waals surface area contributed by atoms with E-state index in [0.717, 1.165) is 6.26 Å². The van der Waals surface area contributed by atoms with Crippen molar-refractivity contribution in [3.8, 4) is 0 Å². The Balaban J connectivity index is 3.11. The van der Waals surface area contributed by atoms with Gasteiger partial charge in [0, 0.05) is 12.3 Å². The summed E-state index contributed by atoms with van der Waals surface area (Å²) in [5, 5.41) is -0.00736. The average Bonchev–Trinajstić information content (AvgIpc) is 2.29. The van der Waals surface area contributed by atoms with Crippen molar-refractivity contribution >= 4 is 21.4 Å². The zero-order valence-corrected chi connectivity index (χ0v) is 12.6. The summed E-state index contributed by atoms with van der Waals surface area (Å²) in [6, 6.07) is 3.84. The number of rotatable bonds is 5. The molecule has 4 nitrogen and oxygen atoms in total. The first kappa shape index (κ1) is 16.4. The molecule has 0 amide bonds. The van der Waals surface area contributed by atoms with E-state index in [1.165, 1.54) is 12.1 Å². The van der Waals surface area contributed by atoms with Crippen LogP contribution in [0.25, 0.3) is 0 Å². The lowest BCUT2D eigenvalue weighted by atomic mass is 9.96. The van der Waals surface area contributed by atoms with Gasteiger partial charge in [-0.25, -0.2) is 12.8 Å². The number of sulfone groups is 1. The van der Waals surface area contributed by atoms with Crippen molar-refractivity contribution in [2.24, 2.45) is 5.84 Å². The quantitative estimate of drug-likeness (QED) is 0.641. The van der Waals surface area contributed by atoms with Crippen LogP contribution in [0, 0.1) is 5.82 Å². The Morgan fingerprint density at radius 3 is 2.53 bits per heavy atom. The summed E-state index contributed by atoms with van der Waals surface area (Å²) in [7, 11) is -3.34. The van der Waals surface area contributed by atoms with Crippen molar-refractivity contribution in [2.75, 3.05) is 6.26 Å². The van der Waals surface area contributed by atoms with Gasteiger partial charge in [-0.1, -0.05) is 23.7 Å². The first-order valence-electron chi connectivity index (χ1n) is 5.70. The van der Waals surface area contributed by atoms with E-state index < -0.39 is 26.4 Å². The lowest BCUT2D eigenvalue weighted by Crippen LogP contribution is -2.55. The van der Waals surface area contributed by atoms with Crippen molar-refractivity contribution in [2.45, 2.75) is 31.1 Å². The van der Waals surface area contributed by atoms with Crippen LogP contribution < -0.4 is 11.3 Å². The van der Waals surface area contributed by atoms with E-state index in [4.69, 9.17) is 17.4 Å². The maximum absolute atomic E-state index is 13.4. The highest BCUT2D eigenvalue weighted by Crippen LogP contribution is 2.26. The number of benzene rings is 1. The zero-order valence-electron chi connectivity index (χ0n) is 11.1. The minimum Gasteiger partial charge on any atom is -0.271 e. The van der Waals surface area contributed by atoms with E-state index in [-0.39, 0.29) is 11.4 Å². The Morgan fingerprint density at radius 1 is 1.47 bits per heavy atom. The normalized spacial score (nSPS) is 14.4. The molecule has 108 valence electrons. The minimum atomic E-state index is -3.34. The molecule has 1 rings (SSSR count). The second-order valence-corrected chi connectivity index (χ2v) is 7.99. The third-order valence-electron chi connectivity index (χ3n) is 3.45. The van der Waals surface area contributed by atoms with Gasteiger partial charge in [0.2, 0.25) is 0 Å². The molecule has 0 spiro atoms. The van der Waals surface area contributed by atoms with E-state index in [1.807, 2.05) is 0 Å². The van der Waals surface area contributed by atoms with Crippen LogP contribution in [-0.4, -0.2) is 25.5 Å². The minimum absolute atomic E-state index is 0.00736. The van der Waals surface area contributed by atoms with Crippen LogP contribution in [-0.2, 0) is 16.3 Å². The van der Waals surface area contributed by atoms with Crippen LogP contribution in [0.4, 0.5) is 4.39 Å². The summed E-state index contributed by atoms with van der Waals surface area (Å²) >= 11 is 5.87. The Kier molecular flexibility index (Phi) is 4.95. The maximum atomic E-state index is 13.4. The van der Waals surface area contributed by atoms with Gasteiger partial charge in [0.15, 0.2) is 9.84 Å². The van der Waals surface area contributed by atoms with Gasteiger partial charge >= 0.3 is 0 Å². The summed E-state index contributed by atoms with van der Waals surface area (Å²) in [6.07, 6.45) is 1.36. The molecule has 0 aliphatic rings. The van der Waals surface area contributed by atoms with Crippen LogP contribution >= 0.6 is 11.6 Å². The third-order valence-corrected chi connectivity index (χ3v) is 6.07. The largest absolute Gasteiger partial charge is 0.271 e. The molecule has 0 heterocycles. The van der Waals surface area contributed by atoms with E-state index in [9.17, 15) is 12.8 Å². The number of nitrogens with one attached hydrogen (secondary N) is 1. The highest BCUT2D eigenvalue weighted by Gasteiger charge is 2.38. The Hall–Kier alpha value is -0.690. The fraction of sp³-hybridized carbons (Fsp3) is 0.500. The highest BCUT2D eigenvalue weighted by atomic mass is 35.5. The van der Waals surface area contributed by atoms with Crippen molar-refractivity contribution in [3.05, 3.63) is 34.6 Å². The van der Waals surface area contributed by atoms with E-state index >= 15 is 0 Å². The smallest absolute Gasteiger partial charge is 0.154 e. The highest BCUT2D eigenvalue weighted by molar-refractivity contribution is 7.92. The molecule has 0 aliphatic carbocycles. The predicted octanol–water partition coefficient (Wildman–Crippen LogP) is 1.68. The second kappa shape index (κ2) is 5.75. The van der Waals surface area contributed by atoms with Gasteiger partial charge in [0.25, 0.3) is 0 Å². The van der Waals surface area contributed by atoms with Gasteiger partial charge in [0.1, 0.15) is 5.82 Å². The van der Waals surface area contributed by atoms with Gasteiger partial charge in [-0.05, 0) is 31.9 Å². The third kappa shape index (κ3) is 3.45. The first-order chi connectivity index (χ1) is 8.61. The van der Waals surface area contributed by atoms with Crippen molar-refractivity contribution in [3.63, 3.8) is 0 Å². The molecule has 3 N–H and O–H groups in total. The maximum Gasteiger partial charge on any atom is 0.154 e. The molecular weight excluding hydrogens is 291 g/mol. The standard InChI is InChI=1S/C12H18ClFN2O2S/c1-12(2,19(3,17)18)10(16-15)7-8-5-4-6-9(14)11(8)13/h4-6,10,16H,7,15H2,1-3H3. The molecule has 0 bridgehead atoms. The summed E-state index contributed by atoms with van der Waals surface area (Å²) in [5.41, 5.74) is 3.00. The average molecular weight is 309 g/mol. The summed E-state index contributed by atoms with van der Waals surface area (Å²) in [5.74, 6) is 4.91. The molecule has 1 aromatic carbocycles. The van der Waals surface area contributed by atoms with Crippen molar-refractivity contribution in [1.29, 1.82) is 0 Å². The second-order valence-electron chi connectivity index (χ2n) is 5.01. The van der Waals surface area contributed by atoms with Crippen LogP contribution in [0.15, 0.2) is 18.2 Å². The number of hydrogen-bond donors (Lipinski definition) is 2. The van der Waals surface area contributed by atoms with Crippen LogP contribution in [0.3, 0.4) is 0 Å². The molecule has 1 aromatic rings. The molecule has 19 heavy (non-hydrogen) atoms. The Morgan fingerprint density at radius 2 is 2.05 bits per heavy atom. The molecule has 0 radical (unpaired) electrons. The zero-order chi connectivity index (χ0) is 14.8.